The molecule has 0 aliphatic heterocycles. The molecular formula is C13H10Br3NO3S. The van der Waals surface area contributed by atoms with Crippen LogP contribution in [0.4, 0.5) is 5.69 Å². The number of phenolic OH excluding ortho intramolecular Hbond substituents is 1. The lowest BCUT2D eigenvalue weighted by Crippen LogP contribution is -2.14. The van der Waals surface area contributed by atoms with E-state index in [4.69, 9.17) is 0 Å². The minimum absolute atomic E-state index is 0.0827. The maximum Gasteiger partial charge on any atom is 0.263 e. The molecule has 0 aliphatic carbocycles. The number of phenols is 1. The molecule has 0 radical (unpaired) electrons. The second kappa shape index (κ2) is 6.28. The van der Waals surface area contributed by atoms with Gasteiger partial charge in [0, 0.05) is 8.95 Å². The van der Waals surface area contributed by atoms with Gasteiger partial charge in [-0.1, -0.05) is 22.0 Å². The molecule has 0 aliphatic rings. The van der Waals surface area contributed by atoms with Crippen molar-refractivity contribution in [2.45, 2.75) is 11.8 Å². The number of sulfonamides is 1. The molecule has 0 saturated carbocycles. The molecule has 0 aromatic heterocycles. The molecule has 2 aromatic carbocycles. The van der Waals surface area contributed by atoms with E-state index in [9.17, 15) is 13.5 Å². The van der Waals surface area contributed by atoms with E-state index < -0.39 is 10.0 Å². The van der Waals surface area contributed by atoms with Crippen LogP contribution in [-0.2, 0) is 10.0 Å². The Kier molecular flexibility index (Phi) is 5.02. The molecule has 0 unspecified atom stereocenters. The average Bonchev–Trinajstić information content (AvgIpc) is 2.39. The Morgan fingerprint density at radius 3 is 2.38 bits per heavy atom. The number of aromatic hydroxyl groups is 1. The van der Waals surface area contributed by atoms with Crippen LogP contribution >= 0.6 is 47.8 Å². The van der Waals surface area contributed by atoms with E-state index in [0.29, 0.717) is 13.4 Å². The van der Waals surface area contributed by atoms with Gasteiger partial charge in [-0.05, 0) is 68.6 Å². The predicted octanol–water partition coefficient (Wildman–Crippen LogP) is 4.79. The van der Waals surface area contributed by atoms with Crippen molar-refractivity contribution in [1.29, 1.82) is 0 Å². The molecule has 112 valence electrons. The third-order valence-electron chi connectivity index (χ3n) is 2.73. The van der Waals surface area contributed by atoms with E-state index in [2.05, 4.69) is 52.5 Å². The fourth-order valence-electron chi connectivity index (χ4n) is 1.63. The molecule has 0 fully saturated rings. The van der Waals surface area contributed by atoms with Crippen LogP contribution in [0.2, 0.25) is 0 Å². The monoisotopic (exact) mass is 497 g/mol. The first-order valence-corrected chi connectivity index (χ1v) is 9.54. The van der Waals surface area contributed by atoms with Gasteiger partial charge < -0.3 is 5.11 Å². The molecule has 2 N–H and O–H groups in total. The zero-order chi connectivity index (χ0) is 15.8. The molecule has 0 saturated heterocycles. The summed E-state index contributed by atoms with van der Waals surface area (Å²) in [5.41, 5.74) is 1.01. The summed E-state index contributed by atoms with van der Waals surface area (Å²) in [6.07, 6.45) is 0. The van der Waals surface area contributed by atoms with Crippen LogP contribution in [0.25, 0.3) is 0 Å². The van der Waals surface area contributed by atoms with Crippen LogP contribution in [0.15, 0.2) is 48.6 Å². The summed E-state index contributed by atoms with van der Waals surface area (Å²) in [7, 11) is -3.83. The molecule has 2 aromatic rings. The van der Waals surface area contributed by atoms with Crippen molar-refractivity contribution in [3.05, 3.63) is 49.3 Å². The Morgan fingerprint density at radius 2 is 1.71 bits per heavy atom. The van der Waals surface area contributed by atoms with Gasteiger partial charge in [0.2, 0.25) is 0 Å². The lowest BCUT2D eigenvalue weighted by atomic mass is 10.2. The number of anilines is 1. The first-order valence-electron chi connectivity index (χ1n) is 5.68. The number of hydrogen-bond donors (Lipinski definition) is 2. The lowest BCUT2D eigenvalue weighted by Gasteiger charge is -2.12. The van der Waals surface area contributed by atoms with Crippen molar-refractivity contribution >= 4 is 63.5 Å². The van der Waals surface area contributed by atoms with Crippen LogP contribution in [0.3, 0.4) is 0 Å². The van der Waals surface area contributed by atoms with Gasteiger partial charge in [0.05, 0.1) is 10.2 Å². The minimum Gasteiger partial charge on any atom is -0.505 e. The quantitative estimate of drug-likeness (QED) is 0.597. The summed E-state index contributed by atoms with van der Waals surface area (Å²) < 4.78 is 28.8. The van der Waals surface area contributed by atoms with E-state index in [0.717, 1.165) is 5.56 Å². The molecule has 0 amide bonds. The van der Waals surface area contributed by atoms with E-state index in [-0.39, 0.29) is 16.3 Å². The summed E-state index contributed by atoms with van der Waals surface area (Å²) in [6, 6.07) is 7.94. The molecule has 0 atom stereocenters. The van der Waals surface area contributed by atoms with Crippen LogP contribution in [0, 0.1) is 6.92 Å². The van der Waals surface area contributed by atoms with Crippen molar-refractivity contribution in [3.8, 4) is 5.75 Å². The highest BCUT2D eigenvalue weighted by molar-refractivity contribution is 9.11. The summed E-state index contributed by atoms with van der Waals surface area (Å²) in [4.78, 5) is 0.0827. The molecule has 4 nitrogen and oxygen atoms in total. The van der Waals surface area contributed by atoms with Crippen LogP contribution in [0.1, 0.15) is 5.56 Å². The second-order valence-electron chi connectivity index (χ2n) is 4.27. The van der Waals surface area contributed by atoms with Crippen molar-refractivity contribution in [3.63, 3.8) is 0 Å². The number of hydrogen-bond acceptors (Lipinski definition) is 3. The van der Waals surface area contributed by atoms with Crippen molar-refractivity contribution in [2.24, 2.45) is 0 Å². The summed E-state index contributed by atoms with van der Waals surface area (Å²) >= 11 is 9.71. The molecule has 0 spiro atoms. The van der Waals surface area contributed by atoms with Crippen molar-refractivity contribution in [1.82, 2.24) is 0 Å². The van der Waals surface area contributed by atoms with E-state index >= 15 is 0 Å². The number of benzene rings is 2. The Labute approximate surface area is 148 Å². The maximum atomic E-state index is 12.5. The molecule has 0 heterocycles. The molecule has 2 rings (SSSR count). The Morgan fingerprint density at radius 1 is 1.05 bits per heavy atom. The Bertz CT molecular complexity index is 807. The highest BCUT2D eigenvalue weighted by atomic mass is 79.9. The molecule has 21 heavy (non-hydrogen) atoms. The number of rotatable bonds is 3. The van der Waals surface area contributed by atoms with E-state index in [1.54, 1.807) is 18.2 Å². The first-order chi connectivity index (χ1) is 9.72. The lowest BCUT2D eigenvalue weighted by molar-refractivity contribution is 0.474. The zero-order valence-corrected chi connectivity index (χ0v) is 16.3. The van der Waals surface area contributed by atoms with Gasteiger partial charge in [0.1, 0.15) is 4.90 Å². The number of nitrogens with one attached hydrogen (secondary N) is 1. The smallest absolute Gasteiger partial charge is 0.263 e. The van der Waals surface area contributed by atoms with Gasteiger partial charge in [0.25, 0.3) is 10.0 Å². The van der Waals surface area contributed by atoms with E-state index in [1.807, 2.05) is 6.92 Å². The molecule has 0 bridgehead atoms. The topological polar surface area (TPSA) is 66.4 Å². The Hall–Kier alpha value is -0.570. The number of halogens is 3. The van der Waals surface area contributed by atoms with Crippen LogP contribution in [0.5, 0.6) is 5.75 Å². The average molecular weight is 500 g/mol. The SMILES string of the molecule is Cc1cc(Br)c(S(=O)(=O)Nc2cccc(Br)c2O)cc1Br. The summed E-state index contributed by atoms with van der Waals surface area (Å²) in [5, 5.41) is 9.88. The standard InChI is InChI=1S/C13H10Br3NO3S/c1-7-5-10(16)12(6-9(7)15)21(19,20)17-11-4-2-3-8(14)13(11)18/h2-6,17-18H,1H3. The van der Waals surface area contributed by atoms with Gasteiger partial charge in [-0.2, -0.15) is 0 Å². The highest BCUT2D eigenvalue weighted by Gasteiger charge is 2.21. The zero-order valence-electron chi connectivity index (χ0n) is 10.7. The summed E-state index contributed by atoms with van der Waals surface area (Å²) in [5.74, 6) is -0.164. The third-order valence-corrected chi connectivity index (χ3v) is 6.55. The van der Waals surface area contributed by atoms with Crippen LogP contribution < -0.4 is 4.72 Å². The number of aryl methyl sites for hydroxylation is 1. The summed E-state index contributed by atoms with van der Waals surface area (Å²) in [6.45, 7) is 1.86. The Balaban J connectivity index is 2.48. The van der Waals surface area contributed by atoms with Crippen molar-refractivity contribution in [2.75, 3.05) is 4.72 Å². The fourth-order valence-corrected chi connectivity index (χ4v) is 4.74. The predicted molar refractivity (Wildman–Crippen MR) is 93.2 cm³/mol. The van der Waals surface area contributed by atoms with Crippen LogP contribution in [-0.4, -0.2) is 13.5 Å². The molecular weight excluding hydrogens is 490 g/mol. The first kappa shape index (κ1) is 16.8. The number of para-hydroxylation sites is 1. The van der Waals surface area contributed by atoms with Gasteiger partial charge >= 0.3 is 0 Å². The van der Waals surface area contributed by atoms with Crippen molar-refractivity contribution < 1.29 is 13.5 Å². The highest BCUT2D eigenvalue weighted by Crippen LogP contribution is 2.35. The maximum absolute atomic E-state index is 12.5. The normalized spacial score (nSPS) is 11.4. The second-order valence-corrected chi connectivity index (χ2v) is 8.49. The third kappa shape index (κ3) is 3.61. The fraction of sp³-hybridized carbons (Fsp3) is 0.0769. The largest absolute Gasteiger partial charge is 0.505 e. The minimum atomic E-state index is -3.83. The van der Waals surface area contributed by atoms with Gasteiger partial charge in [-0.15, -0.1) is 0 Å². The van der Waals surface area contributed by atoms with Gasteiger partial charge in [-0.25, -0.2) is 8.42 Å². The van der Waals surface area contributed by atoms with Gasteiger partial charge in [0.15, 0.2) is 5.75 Å². The van der Waals surface area contributed by atoms with Gasteiger partial charge in [-0.3, -0.25) is 4.72 Å². The van der Waals surface area contributed by atoms with E-state index in [1.165, 1.54) is 12.1 Å². The molecule has 8 heteroatoms.